The summed E-state index contributed by atoms with van der Waals surface area (Å²) in [5, 5.41) is 3.35. The Morgan fingerprint density at radius 1 is 1.40 bits per heavy atom. The lowest BCUT2D eigenvalue weighted by atomic mass is 10.1. The maximum Gasteiger partial charge on any atom is 0.121 e. The van der Waals surface area contributed by atoms with Crippen LogP contribution >= 0.6 is 15.9 Å². The molecule has 15 heavy (non-hydrogen) atoms. The summed E-state index contributed by atoms with van der Waals surface area (Å²) in [5.74, 6) is 0.968. The van der Waals surface area contributed by atoms with Crippen molar-refractivity contribution in [2.75, 3.05) is 13.1 Å². The highest BCUT2D eigenvalue weighted by Crippen LogP contribution is 2.23. The van der Waals surface area contributed by atoms with Crippen LogP contribution in [0.15, 0.2) is 22.7 Å². The molecule has 1 aromatic rings. The summed E-state index contributed by atoms with van der Waals surface area (Å²) in [4.78, 5) is 0. The molecule has 3 heteroatoms. The van der Waals surface area contributed by atoms with Crippen molar-refractivity contribution in [3.8, 4) is 5.75 Å². The van der Waals surface area contributed by atoms with Gasteiger partial charge in [-0.25, -0.2) is 0 Å². The molecule has 0 spiro atoms. The minimum Gasteiger partial charge on any atom is -0.489 e. The first-order chi connectivity index (χ1) is 7.24. The summed E-state index contributed by atoms with van der Waals surface area (Å²) in [6.45, 7) is 4.17. The molecule has 1 unspecified atom stereocenters. The molecule has 1 saturated heterocycles. The summed E-state index contributed by atoms with van der Waals surface area (Å²) in [5.41, 5.74) is 1.23. The molecule has 1 aliphatic heterocycles. The second-order valence-electron chi connectivity index (χ2n) is 4.05. The van der Waals surface area contributed by atoms with Gasteiger partial charge < -0.3 is 10.1 Å². The lowest BCUT2D eigenvalue weighted by molar-refractivity contribution is 0.167. The Balaban J connectivity index is 2.02. The molecule has 1 aromatic carbocycles. The van der Waals surface area contributed by atoms with Gasteiger partial charge in [-0.3, -0.25) is 0 Å². The van der Waals surface area contributed by atoms with Crippen LogP contribution in [0.3, 0.4) is 0 Å². The van der Waals surface area contributed by atoms with E-state index < -0.39 is 0 Å². The van der Waals surface area contributed by atoms with Crippen molar-refractivity contribution in [2.24, 2.45) is 0 Å². The molecular weight excluding hydrogens is 254 g/mol. The Labute approximate surface area is 99.1 Å². The monoisotopic (exact) mass is 269 g/mol. The molecule has 1 fully saturated rings. The highest BCUT2D eigenvalue weighted by atomic mass is 79.9. The lowest BCUT2D eigenvalue weighted by Crippen LogP contribution is -2.37. The molecular formula is C12H16BrNO. The zero-order valence-electron chi connectivity index (χ0n) is 8.92. The smallest absolute Gasteiger partial charge is 0.121 e. The Bertz CT molecular complexity index is 314. The first-order valence-corrected chi connectivity index (χ1v) is 6.18. The number of rotatable bonds is 2. The zero-order valence-corrected chi connectivity index (χ0v) is 10.5. The van der Waals surface area contributed by atoms with E-state index in [2.05, 4.69) is 40.3 Å². The highest BCUT2D eigenvalue weighted by Gasteiger charge is 2.14. The van der Waals surface area contributed by atoms with Gasteiger partial charge in [-0.2, -0.15) is 0 Å². The van der Waals surface area contributed by atoms with Crippen LogP contribution in [0.5, 0.6) is 5.75 Å². The van der Waals surface area contributed by atoms with Crippen molar-refractivity contribution in [3.05, 3.63) is 28.2 Å². The van der Waals surface area contributed by atoms with Gasteiger partial charge in [-0.15, -0.1) is 0 Å². The number of aryl methyl sites for hydroxylation is 1. The number of hydrogen-bond acceptors (Lipinski definition) is 2. The average molecular weight is 270 g/mol. The first kappa shape index (κ1) is 11.0. The molecule has 2 rings (SSSR count). The lowest BCUT2D eigenvalue weighted by Gasteiger charge is -2.24. The van der Waals surface area contributed by atoms with E-state index in [0.29, 0.717) is 6.10 Å². The van der Waals surface area contributed by atoms with Crippen LogP contribution in [-0.2, 0) is 0 Å². The Hall–Kier alpha value is -0.540. The number of piperidine rings is 1. The van der Waals surface area contributed by atoms with Crippen molar-refractivity contribution < 1.29 is 4.74 Å². The summed E-state index contributed by atoms with van der Waals surface area (Å²) < 4.78 is 7.01. The van der Waals surface area contributed by atoms with Gasteiger partial charge in [0.1, 0.15) is 11.9 Å². The van der Waals surface area contributed by atoms with Gasteiger partial charge in [0.2, 0.25) is 0 Å². The van der Waals surface area contributed by atoms with Crippen LogP contribution in [0.1, 0.15) is 18.4 Å². The van der Waals surface area contributed by atoms with Crippen LogP contribution < -0.4 is 10.1 Å². The van der Waals surface area contributed by atoms with Crippen LogP contribution in [0.2, 0.25) is 0 Å². The fraction of sp³-hybridized carbons (Fsp3) is 0.500. The number of benzene rings is 1. The fourth-order valence-corrected chi connectivity index (χ4v) is 2.47. The van der Waals surface area contributed by atoms with Crippen LogP contribution in [0, 0.1) is 6.92 Å². The third-order valence-electron chi connectivity index (χ3n) is 2.57. The van der Waals surface area contributed by atoms with Crippen molar-refractivity contribution >= 4 is 15.9 Å². The standard InChI is InChI=1S/C12H16BrNO/c1-9-5-10(13)7-12(6-9)15-11-3-2-4-14-8-11/h5-7,11,14H,2-4,8H2,1H3. The van der Waals surface area contributed by atoms with Gasteiger partial charge in [-0.05, 0) is 50.1 Å². The second-order valence-corrected chi connectivity index (χ2v) is 4.97. The van der Waals surface area contributed by atoms with Gasteiger partial charge in [0.25, 0.3) is 0 Å². The molecule has 2 nitrogen and oxygen atoms in total. The minimum absolute atomic E-state index is 0.326. The third kappa shape index (κ3) is 3.21. The van der Waals surface area contributed by atoms with Crippen molar-refractivity contribution in [1.29, 1.82) is 0 Å². The number of hydrogen-bond donors (Lipinski definition) is 1. The molecule has 1 atom stereocenters. The molecule has 1 aliphatic rings. The van der Waals surface area contributed by atoms with E-state index in [1.165, 1.54) is 12.0 Å². The molecule has 0 radical (unpaired) electrons. The first-order valence-electron chi connectivity index (χ1n) is 5.38. The molecule has 0 aliphatic carbocycles. The Kier molecular flexibility index (Phi) is 3.65. The number of nitrogens with one attached hydrogen (secondary N) is 1. The quantitative estimate of drug-likeness (QED) is 0.892. The van der Waals surface area contributed by atoms with Crippen molar-refractivity contribution in [2.45, 2.75) is 25.9 Å². The maximum atomic E-state index is 5.92. The summed E-state index contributed by atoms with van der Waals surface area (Å²) in [7, 11) is 0. The molecule has 0 aromatic heterocycles. The normalized spacial score (nSPS) is 21.3. The molecule has 0 saturated carbocycles. The molecule has 1 heterocycles. The van der Waals surface area contributed by atoms with Gasteiger partial charge >= 0.3 is 0 Å². The molecule has 0 bridgehead atoms. The predicted molar refractivity (Wildman–Crippen MR) is 65.4 cm³/mol. The number of ether oxygens (including phenoxy) is 1. The Morgan fingerprint density at radius 2 is 2.27 bits per heavy atom. The predicted octanol–water partition coefficient (Wildman–Crippen LogP) is 2.89. The van der Waals surface area contributed by atoms with Crippen molar-refractivity contribution in [1.82, 2.24) is 5.32 Å². The summed E-state index contributed by atoms with van der Waals surface area (Å²) in [6, 6.07) is 6.20. The molecule has 0 amide bonds. The van der Waals surface area contributed by atoms with E-state index in [4.69, 9.17) is 4.74 Å². The highest BCUT2D eigenvalue weighted by molar-refractivity contribution is 9.10. The third-order valence-corrected chi connectivity index (χ3v) is 3.03. The minimum atomic E-state index is 0.326. The summed E-state index contributed by atoms with van der Waals surface area (Å²) in [6.07, 6.45) is 2.68. The Morgan fingerprint density at radius 3 is 2.93 bits per heavy atom. The van der Waals surface area contributed by atoms with E-state index in [0.717, 1.165) is 29.7 Å². The topological polar surface area (TPSA) is 21.3 Å². The summed E-state index contributed by atoms with van der Waals surface area (Å²) >= 11 is 3.48. The average Bonchev–Trinajstić information content (AvgIpc) is 2.17. The second kappa shape index (κ2) is 4.99. The largest absolute Gasteiger partial charge is 0.489 e. The van der Waals surface area contributed by atoms with Gasteiger partial charge in [0.05, 0.1) is 0 Å². The van der Waals surface area contributed by atoms with E-state index in [1.807, 2.05) is 6.07 Å². The van der Waals surface area contributed by atoms with Crippen LogP contribution in [-0.4, -0.2) is 19.2 Å². The van der Waals surface area contributed by atoms with E-state index in [9.17, 15) is 0 Å². The number of halogens is 1. The van der Waals surface area contributed by atoms with Gasteiger partial charge in [0, 0.05) is 11.0 Å². The van der Waals surface area contributed by atoms with Crippen LogP contribution in [0.4, 0.5) is 0 Å². The van der Waals surface area contributed by atoms with E-state index >= 15 is 0 Å². The molecule has 1 N–H and O–H groups in total. The molecule has 82 valence electrons. The van der Waals surface area contributed by atoms with Gasteiger partial charge in [0.15, 0.2) is 0 Å². The maximum absolute atomic E-state index is 5.92. The van der Waals surface area contributed by atoms with Crippen LogP contribution in [0.25, 0.3) is 0 Å². The van der Waals surface area contributed by atoms with Gasteiger partial charge in [-0.1, -0.05) is 15.9 Å². The van der Waals surface area contributed by atoms with E-state index in [-0.39, 0.29) is 0 Å². The zero-order chi connectivity index (χ0) is 10.7. The fourth-order valence-electron chi connectivity index (χ4n) is 1.88. The van der Waals surface area contributed by atoms with Crippen molar-refractivity contribution in [3.63, 3.8) is 0 Å². The van der Waals surface area contributed by atoms with E-state index in [1.54, 1.807) is 0 Å². The SMILES string of the molecule is Cc1cc(Br)cc(OC2CCCNC2)c1.